The number of nitrogens with zero attached hydrogens (tertiary/aromatic N) is 1. The summed E-state index contributed by atoms with van der Waals surface area (Å²) in [5.74, 6) is 0.688. The average molecular weight is 445 g/mol. The standard InChI is InChI=1S/C23H25ClN2O5/c1-15-7-9-17-21(27)18(14-25-22(17)26-15)23(28)31-12-6-4-3-5-11-30-20-10-8-16(29-2)13-19(20)24/h7-10,13-14H,3-6,11-12H2,1-2H3,(H,25,26,27). The number of carbonyl (C=O) groups excluding carboxylic acids is 1. The van der Waals surface area contributed by atoms with Crippen LogP contribution in [0.1, 0.15) is 41.7 Å². The highest BCUT2D eigenvalue weighted by Gasteiger charge is 2.14. The summed E-state index contributed by atoms with van der Waals surface area (Å²) in [6.07, 6.45) is 4.73. The highest BCUT2D eigenvalue weighted by molar-refractivity contribution is 6.32. The largest absolute Gasteiger partial charge is 0.497 e. The zero-order valence-electron chi connectivity index (χ0n) is 17.6. The molecule has 3 aromatic rings. The minimum Gasteiger partial charge on any atom is -0.497 e. The van der Waals surface area contributed by atoms with E-state index in [-0.39, 0.29) is 17.6 Å². The number of rotatable bonds is 10. The van der Waals surface area contributed by atoms with Crippen molar-refractivity contribution in [2.24, 2.45) is 0 Å². The van der Waals surface area contributed by atoms with Crippen molar-refractivity contribution in [2.75, 3.05) is 20.3 Å². The number of halogens is 1. The van der Waals surface area contributed by atoms with E-state index in [0.717, 1.165) is 25.0 Å². The Morgan fingerprint density at radius 2 is 1.87 bits per heavy atom. The number of carbonyl (C=O) groups is 1. The quantitative estimate of drug-likeness (QED) is 0.360. The summed E-state index contributed by atoms with van der Waals surface area (Å²) >= 11 is 6.14. The van der Waals surface area contributed by atoms with E-state index in [0.29, 0.717) is 40.6 Å². The van der Waals surface area contributed by atoms with Crippen LogP contribution >= 0.6 is 11.6 Å². The highest BCUT2D eigenvalue weighted by atomic mass is 35.5. The van der Waals surface area contributed by atoms with Crippen LogP contribution in [0.5, 0.6) is 11.5 Å². The van der Waals surface area contributed by atoms with E-state index < -0.39 is 5.97 Å². The second-order valence-electron chi connectivity index (χ2n) is 7.08. The van der Waals surface area contributed by atoms with Gasteiger partial charge in [0.05, 0.1) is 30.7 Å². The molecule has 0 aliphatic rings. The summed E-state index contributed by atoms with van der Waals surface area (Å²) in [6, 6.07) is 8.69. The van der Waals surface area contributed by atoms with Crippen molar-refractivity contribution in [1.29, 1.82) is 0 Å². The molecule has 2 heterocycles. The molecule has 0 spiro atoms. The fraction of sp³-hybridized carbons (Fsp3) is 0.348. The summed E-state index contributed by atoms with van der Waals surface area (Å²) in [5.41, 5.74) is 0.860. The lowest BCUT2D eigenvalue weighted by Crippen LogP contribution is -2.19. The number of unbranched alkanes of at least 4 members (excludes halogenated alkanes) is 3. The molecule has 0 atom stereocenters. The van der Waals surface area contributed by atoms with Crippen LogP contribution in [0.4, 0.5) is 0 Å². The molecule has 0 unspecified atom stereocenters. The minimum atomic E-state index is -0.624. The molecular formula is C23H25ClN2O5. The third kappa shape index (κ3) is 5.98. The van der Waals surface area contributed by atoms with Crippen LogP contribution in [0.3, 0.4) is 0 Å². The first kappa shape index (κ1) is 22.6. The molecule has 0 radical (unpaired) electrons. The second-order valence-corrected chi connectivity index (χ2v) is 7.48. The maximum absolute atomic E-state index is 12.5. The molecule has 3 rings (SSSR count). The molecule has 0 saturated heterocycles. The number of H-pyrrole nitrogens is 1. The van der Waals surface area contributed by atoms with Gasteiger partial charge in [0.15, 0.2) is 0 Å². The first-order chi connectivity index (χ1) is 15.0. The lowest BCUT2D eigenvalue weighted by atomic mass is 10.2. The van der Waals surface area contributed by atoms with Crippen molar-refractivity contribution in [3.63, 3.8) is 0 Å². The lowest BCUT2D eigenvalue weighted by Gasteiger charge is -2.09. The zero-order chi connectivity index (χ0) is 22.2. The summed E-state index contributed by atoms with van der Waals surface area (Å²) in [5, 5.41) is 0.887. The van der Waals surface area contributed by atoms with Crippen molar-refractivity contribution < 1.29 is 19.0 Å². The van der Waals surface area contributed by atoms with Crippen molar-refractivity contribution in [3.8, 4) is 11.5 Å². The number of hydrogen-bond acceptors (Lipinski definition) is 6. The van der Waals surface area contributed by atoms with Crippen LogP contribution in [-0.2, 0) is 4.74 Å². The van der Waals surface area contributed by atoms with E-state index in [4.69, 9.17) is 25.8 Å². The highest BCUT2D eigenvalue weighted by Crippen LogP contribution is 2.28. The van der Waals surface area contributed by atoms with Gasteiger partial charge in [-0.15, -0.1) is 0 Å². The third-order valence-electron chi connectivity index (χ3n) is 4.77. The molecular weight excluding hydrogens is 420 g/mol. The molecule has 0 aliphatic heterocycles. The van der Waals surface area contributed by atoms with Gasteiger partial charge in [-0.2, -0.15) is 0 Å². The van der Waals surface area contributed by atoms with Crippen LogP contribution in [0.15, 0.2) is 41.3 Å². The van der Waals surface area contributed by atoms with Gasteiger partial charge in [-0.3, -0.25) is 4.79 Å². The molecule has 2 aromatic heterocycles. The van der Waals surface area contributed by atoms with E-state index in [1.54, 1.807) is 37.4 Å². The maximum Gasteiger partial charge on any atom is 0.343 e. The van der Waals surface area contributed by atoms with Crippen molar-refractivity contribution in [2.45, 2.75) is 32.6 Å². The van der Waals surface area contributed by atoms with Crippen LogP contribution in [0.2, 0.25) is 5.02 Å². The first-order valence-corrected chi connectivity index (χ1v) is 10.5. The van der Waals surface area contributed by atoms with Gasteiger partial charge in [0.2, 0.25) is 5.43 Å². The normalized spacial score (nSPS) is 10.8. The van der Waals surface area contributed by atoms with Crippen LogP contribution < -0.4 is 14.9 Å². The van der Waals surface area contributed by atoms with E-state index in [9.17, 15) is 9.59 Å². The number of nitrogens with one attached hydrogen (secondary N) is 1. The molecule has 1 N–H and O–H groups in total. The molecule has 31 heavy (non-hydrogen) atoms. The van der Waals surface area contributed by atoms with Gasteiger partial charge in [0, 0.05) is 18.0 Å². The van der Waals surface area contributed by atoms with E-state index in [1.165, 1.54) is 6.20 Å². The predicted molar refractivity (Wildman–Crippen MR) is 119 cm³/mol. The second kappa shape index (κ2) is 10.8. The van der Waals surface area contributed by atoms with Crippen LogP contribution in [0.25, 0.3) is 11.0 Å². The summed E-state index contributed by atoms with van der Waals surface area (Å²) in [4.78, 5) is 31.9. The molecule has 0 saturated carbocycles. The minimum absolute atomic E-state index is 0.0112. The van der Waals surface area contributed by atoms with Gasteiger partial charge in [0.25, 0.3) is 0 Å². The summed E-state index contributed by atoms with van der Waals surface area (Å²) < 4.78 is 16.0. The van der Waals surface area contributed by atoms with Gasteiger partial charge < -0.3 is 19.2 Å². The Hall–Kier alpha value is -3.06. The van der Waals surface area contributed by atoms with Crippen LogP contribution in [0, 0.1) is 6.92 Å². The number of ether oxygens (including phenoxy) is 3. The van der Waals surface area contributed by atoms with E-state index in [1.807, 2.05) is 6.92 Å². The monoisotopic (exact) mass is 444 g/mol. The van der Waals surface area contributed by atoms with Gasteiger partial charge in [0.1, 0.15) is 22.7 Å². The Balaban J connectivity index is 1.36. The Kier molecular flexibility index (Phi) is 7.89. The van der Waals surface area contributed by atoms with Gasteiger partial charge >= 0.3 is 5.97 Å². The molecule has 0 bridgehead atoms. The lowest BCUT2D eigenvalue weighted by molar-refractivity contribution is 0.0495. The Bertz CT molecular complexity index is 1110. The number of esters is 1. The fourth-order valence-electron chi connectivity index (χ4n) is 3.06. The average Bonchev–Trinajstić information content (AvgIpc) is 2.76. The van der Waals surface area contributed by atoms with E-state index >= 15 is 0 Å². The van der Waals surface area contributed by atoms with Gasteiger partial charge in [-0.1, -0.05) is 11.6 Å². The SMILES string of the molecule is COc1ccc(OCCCCCCOC(=O)c2c[nH]c3nc(C)ccc3c2=O)c(Cl)c1. The third-order valence-corrected chi connectivity index (χ3v) is 5.06. The number of pyridine rings is 2. The number of aromatic nitrogens is 2. The number of hydrogen-bond donors (Lipinski definition) is 1. The van der Waals surface area contributed by atoms with Crippen molar-refractivity contribution >= 4 is 28.6 Å². The molecule has 0 aliphatic carbocycles. The molecule has 164 valence electrons. The van der Waals surface area contributed by atoms with Crippen molar-refractivity contribution in [3.05, 3.63) is 63.0 Å². The number of benzene rings is 1. The number of fused-ring (bicyclic) bond motifs is 1. The molecule has 7 nitrogen and oxygen atoms in total. The fourth-order valence-corrected chi connectivity index (χ4v) is 3.29. The molecule has 0 amide bonds. The summed E-state index contributed by atoms with van der Waals surface area (Å²) in [7, 11) is 1.58. The molecule has 0 fully saturated rings. The van der Waals surface area contributed by atoms with Gasteiger partial charge in [-0.25, -0.2) is 9.78 Å². The smallest absolute Gasteiger partial charge is 0.343 e. The van der Waals surface area contributed by atoms with Crippen LogP contribution in [-0.4, -0.2) is 36.3 Å². The zero-order valence-corrected chi connectivity index (χ0v) is 18.3. The Morgan fingerprint density at radius 3 is 2.61 bits per heavy atom. The van der Waals surface area contributed by atoms with Crippen molar-refractivity contribution in [1.82, 2.24) is 9.97 Å². The van der Waals surface area contributed by atoms with E-state index in [2.05, 4.69) is 9.97 Å². The topological polar surface area (TPSA) is 90.5 Å². The predicted octanol–water partition coefficient (Wildman–Crippen LogP) is 4.69. The number of methoxy groups -OCH3 is 1. The Morgan fingerprint density at radius 1 is 1.10 bits per heavy atom. The summed E-state index contributed by atoms with van der Waals surface area (Å²) in [6.45, 7) is 2.64. The Labute approximate surface area is 185 Å². The molecule has 8 heteroatoms. The first-order valence-electron chi connectivity index (χ1n) is 10.1. The number of aromatic amines is 1. The number of aryl methyl sites for hydroxylation is 1. The molecule has 1 aromatic carbocycles. The van der Waals surface area contributed by atoms with Gasteiger partial charge in [-0.05, 0) is 56.9 Å². The maximum atomic E-state index is 12.5.